The van der Waals surface area contributed by atoms with Crippen LogP contribution in [0, 0.1) is 13.8 Å². The van der Waals surface area contributed by atoms with Crippen LogP contribution in [0.5, 0.6) is 5.75 Å². The lowest BCUT2D eigenvalue weighted by Crippen LogP contribution is -2.04. The first-order valence-corrected chi connectivity index (χ1v) is 7.28. The zero-order chi connectivity index (χ0) is 14.5. The van der Waals surface area contributed by atoms with Crippen molar-refractivity contribution < 1.29 is 4.74 Å². The van der Waals surface area contributed by atoms with E-state index < -0.39 is 0 Å². The summed E-state index contributed by atoms with van der Waals surface area (Å²) in [7, 11) is 0. The Kier molecular flexibility index (Phi) is 4.72. The standard InChI is InChI=1S/C17H24N2O/c1-5-19-13(3)11-15(14(19)4)12-18-16-9-7-8-10-17(16)20-6-2/h7-11,18H,5-6,12H2,1-4H3. The third kappa shape index (κ3) is 2.98. The van der Waals surface area contributed by atoms with E-state index in [0.717, 1.165) is 24.5 Å². The van der Waals surface area contributed by atoms with Crippen LogP contribution in [0.25, 0.3) is 0 Å². The lowest BCUT2D eigenvalue weighted by atomic mass is 10.2. The van der Waals surface area contributed by atoms with Crippen molar-refractivity contribution in [3.8, 4) is 5.75 Å². The van der Waals surface area contributed by atoms with Gasteiger partial charge in [-0.2, -0.15) is 0 Å². The van der Waals surface area contributed by atoms with Crippen molar-refractivity contribution in [1.82, 2.24) is 4.57 Å². The largest absolute Gasteiger partial charge is 0.492 e. The Balaban J connectivity index is 2.13. The minimum Gasteiger partial charge on any atom is -0.492 e. The number of rotatable bonds is 6. The smallest absolute Gasteiger partial charge is 0.142 e. The number of aromatic nitrogens is 1. The molecule has 0 amide bonds. The van der Waals surface area contributed by atoms with E-state index in [0.29, 0.717) is 6.61 Å². The molecule has 1 heterocycles. The molecule has 0 aliphatic carbocycles. The van der Waals surface area contributed by atoms with E-state index in [1.165, 1.54) is 17.0 Å². The summed E-state index contributed by atoms with van der Waals surface area (Å²) in [6, 6.07) is 10.3. The fourth-order valence-corrected chi connectivity index (χ4v) is 2.62. The molecule has 3 nitrogen and oxygen atoms in total. The van der Waals surface area contributed by atoms with Gasteiger partial charge in [0.2, 0.25) is 0 Å². The molecule has 0 atom stereocenters. The second-order valence-electron chi connectivity index (χ2n) is 4.92. The Morgan fingerprint density at radius 2 is 1.90 bits per heavy atom. The molecule has 0 spiro atoms. The van der Waals surface area contributed by atoms with Gasteiger partial charge in [0.1, 0.15) is 5.75 Å². The molecule has 1 aromatic carbocycles. The fraction of sp³-hybridized carbons (Fsp3) is 0.412. The average Bonchev–Trinajstić information content (AvgIpc) is 2.72. The molecule has 0 bridgehead atoms. The Bertz CT molecular complexity index is 572. The van der Waals surface area contributed by atoms with Crippen LogP contribution in [-0.2, 0) is 13.1 Å². The summed E-state index contributed by atoms with van der Waals surface area (Å²) < 4.78 is 7.98. The molecule has 1 N–H and O–H groups in total. The molecule has 3 heteroatoms. The van der Waals surface area contributed by atoms with E-state index in [9.17, 15) is 0 Å². The molecule has 0 saturated carbocycles. The second kappa shape index (κ2) is 6.51. The molecule has 0 fully saturated rings. The number of benzene rings is 1. The summed E-state index contributed by atoms with van der Waals surface area (Å²) in [6.07, 6.45) is 0. The van der Waals surface area contributed by atoms with E-state index in [1.54, 1.807) is 0 Å². The average molecular weight is 272 g/mol. The predicted molar refractivity (Wildman–Crippen MR) is 84.5 cm³/mol. The van der Waals surface area contributed by atoms with Crippen molar-refractivity contribution in [2.45, 2.75) is 40.8 Å². The van der Waals surface area contributed by atoms with Crippen LogP contribution in [0.15, 0.2) is 30.3 Å². The van der Waals surface area contributed by atoms with Gasteiger partial charge in [0.25, 0.3) is 0 Å². The summed E-state index contributed by atoms with van der Waals surface area (Å²) >= 11 is 0. The van der Waals surface area contributed by atoms with E-state index in [1.807, 2.05) is 25.1 Å². The highest BCUT2D eigenvalue weighted by molar-refractivity contribution is 5.56. The molecular formula is C17H24N2O. The van der Waals surface area contributed by atoms with Crippen molar-refractivity contribution in [3.63, 3.8) is 0 Å². The minimum absolute atomic E-state index is 0.684. The molecule has 0 unspecified atom stereocenters. The quantitative estimate of drug-likeness (QED) is 0.855. The molecular weight excluding hydrogens is 248 g/mol. The van der Waals surface area contributed by atoms with Crippen LogP contribution >= 0.6 is 0 Å². The minimum atomic E-state index is 0.684. The van der Waals surface area contributed by atoms with Gasteiger partial charge >= 0.3 is 0 Å². The van der Waals surface area contributed by atoms with Gasteiger partial charge in [-0.3, -0.25) is 0 Å². The van der Waals surface area contributed by atoms with Gasteiger partial charge in [0, 0.05) is 24.5 Å². The van der Waals surface area contributed by atoms with E-state index in [-0.39, 0.29) is 0 Å². The molecule has 0 saturated heterocycles. The van der Waals surface area contributed by atoms with Gasteiger partial charge in [-0.15, -0.1) is 0 Å². The van der Waals surface area contributed by atoms with Crippen molar-refractivity contribution in [1.29, 1.82) is 0 Å². The van der Waals surface area contributed by atoms with E-state index >= 15 is 0 Å². The number of hydrogen-bond acceptors (Lipinski definition) is 2. The van der Waals surface area contributed by atoms with Gasteiger partial charge in [-0.1, -0.05) is 12.1 Å². The van der Waals surface area contributed by atoms with Gasteiger partial charge in [0.05, 0.1) is 12.3 Å². The highest BCUT2D eigenvalue weighted by atomic mass is 16.5. The molecule has 0 radical (unpaired) electrons. The normalized spacial score (nSPS) is 10.6. The summed E-state index contributed by atoms with van der Waals surface area (Å²) in [5, 5.41) is 3.48. The van der Waals surface area contributed by atoms with Crippen molar-refractivity contribution >= 4 is 5.69 Å². The molecule has 1 aromatic heterocycles. The fourth-order valence-electron chi connectivity index (χ4n) is 2.62. The molecule has 2 aromatic rings. The number of nitrogens with zero attached hydrogens (tertiary/aromatic N) is 1. The van der Waals surface area contributed by atoms with Gasteiger partial charge in [0.15, 0.2) is 0 Å². The Morgan fingerprint density at radius 1 is 1.15 bits per heavy atom. The summed E-state index contributed by atoms with van der Waals surface area (Å²) in [6.45, 7) is 11.1. The monoisotopic (exact) mass is 272 g/mol. The van der Waals surface area contributed by atoms with E-state index in [4.69, 9.17) is 4.74 Å². The van der Waals surface area contributed by atoms with Gasteiger partial charge in [-0.05, 0) is 51.5 Å². The van der Waals surface area contributed by atoms with Crippen LogP contribution in [0.3, 0.4) is 0 Å². The topological polar surface area (TPSA) is 26.2 Å². The lowest BCUT2D eigenvalue weighted by Gasteiger charge is -2.12. The molecule has 2 rings (SSSR count). The maximum absolute atomic E-state index is 5.64. The van der Waals surface area contributed by atoms with Crippen molar-refractivity contribution in [2.75, 3.05) is 11.9 Å². The van der Waals surface area contributed by atoms with Crippen LogP contribution in [0.1, 0.15) is 30.8 Å². The zero-order valence-electron chi connectivity index (χ0n) is 12.9. The first-order chi connectivity index (χ1) is 9.67. The maximum atomic E-state index is 5.64. The number of anilines is 1. The van der Waals surface area contributed by atoms with Crippen LogP contribution in [0.4, 0.5) is 5.69 Å². The number of hydrogen-bond donors (Lipinski definition) is 1. The highest BCUT2D eigenvalue weighted by Crippen LogP contribution is 2.25. The van der Waals surface area contributed by atoms with Crippen LogP contribution in [0.2, 0.25) is 0 Å². The molecule has 0 aliphatic rings. The second-order valence-corrected chi connectivity index (χ2v) is 4.92. The number of nitrogens with one attached hydrogen (secondary N) is 1. The van der Waals surface area contributed by atoms with Gasteiger partial charge < -0.3 is 14.6 Å². The van der Waals surface area contributed by atoms with Crippen molar-refractivity contribution in [2.24, 2.45) is 0 Å². The summed E-state index contributed by atoms with van der Waals surface area (Å²) in [4.78, 5) is 0. The van der Waals surface area contributed by atoms with Crippen LogP contribution in [-0.4, -0.2) is 11.2 Å². The Morgan fingerprint density at radius 3 is 2.55 bits per heavy atom. The SMILES string of the molecule is CCOc1ccccc1NCc1cc(C)n(CC)c1C. The predicted octanol–water partition coefficient (Wildman–Crippen LogP) is 4.14. The third-order valence-corrected chi connectivity index (χ3v) is 3.65. The lowest BCUT2D eigenvalue weighted by molar-refractivity contribution is 0.341. The first-order valence-electron chi connectivity index (χ1n) is 7.28. The number of ether oxygens (including phenoxy) is 1. The summed E-state index contributed by atoms with van der Waals surface area (Å²) in [5.41, 5.74) is 5.05. The Labute approximate surface area is 121 Å². The maximum Gasteiger partial charge on any atom is 0.142 e. The third-order valence-electron chi connectivity index (χ3n) is 3.65. The molecule has 108 valence electrons. The number of para-hydroxylation sites is 2. The first kappa shape index (κ1) is 14.5. The highest BCUT2D eigenvalue weighted by Gasteiger charge is 2.08. The Hall–Kier alpha value is -1.90. The van der Waals surface area contributed by atoms with Gasteiger partial charge in [-0.25, -0.2) is 0 Å². The van der Waals surface area contributed by atoms with Crippen LogP contribution < -0.4 is 10.1 Å². The van der Waals surface area contributed by atoms with E-state index in [2.05, 4.69) is 42.8 Å². The molecule has 20 heavy (non-hydrogen) atoms. The van der Waals surface area contributed by atoms with Crippen molar-refractivity contribution in [3.05, 3.63) is 47.3 Å². The summed E-state index contributed by atoms with van der Waals surface area (Å²) in [5.74, 6) is 0.916. The number of aryl methyl sites for hydroxylation is 1. The molecule has 0 aliphatic heterocycles. The zero-order valence-corrected chi connectivity index (χ0v) is 12.9.